The maximum Gasteiger partial charge on any atom is 0.335 e. The van der Waals surface area contributed by atoms with Crippen molar-refractivity contribution in [2.75, 3.05) is 0 Å². The summed E-state index contributed by atoms with van der Waals surface area (Å²) >= 11 is 0. The van der Waals surface area contributed by atoms with Gasteiger partial charge in [0.25, 0.3) is 0 Å². The Balaban J connectivity index is 0.00000169. The molecule has 0 aliphatic heterocycles. The monoisotopic (exact) mass is 216 g/mol. The summed E-state index contributed by atoms with van der Waals surface area (Å²) in [5.74, 6) is -0.983. The van der Waals surface area contributed by atoms with E-state index in [9.17, 15) is 9.18 Å². The van der Waals surface area contributed by atoms with Gasteiger partial charge in [-0.15, -0.1) is 12.4 Å². The zero-order valence-electron chi connectivity index (χ0n) is 7.31. The van der Waals surface area contributed by atoms with Gasteiger partial charge in [0.1, 0.15) is 0 Å². The molecule has 4 heteroatoms. The summed E-state index contributed by atoms with van der Waals surface area (Å²) in [6.45, 7) is 0. The first-order valence-corrected chi connectivity index (χ1v) is 3.82. The van der Waals surface area contributed by atoms with Crippen LogP contribution in [-0.2, 0) is 6.42 Å². The van der Waals surface area contributed by atoms with E-state index in [2.05, 4.69) is 0 Å². The lowest BCUT2D eigenvalue weighted by molar-refractivity contribution is 0.0696. The van der Waals surface area contributed by atoms with Crippen LogP contribution in [0.15, 0.2) is 36.7 Å². The van der Waals surface area contributed by atoms with Gasteiger partial charge in [-0.3, -0.25) is 0 Å². The van der Waals surface area contributed by atoms with Gasteiger partial charge in [0.2, 0.25) is 0 Å². The molecule has 0 saturated heterocycles. The molecule has 0 fully saturated rings. The van der Waals surface area contributed by atoms with E-state index in [1.54, 1.807) is 18.2 Å². The molecule has 2 nitrogen and oxygen atoms in total. The highest BCUT2D eigenvalue weighted by Gasteiger charge is 2.06. The van der Waals surface area contributed by atoms with Gasteiger partial charge in [-0.2, -0.15) is 0 Å². The van der Waals surface area contributed by atoms with E-state index in [4.69, 9.17) is 5.11 Å². The SMILES string of the molecule is Cl.O=C(O)c1ccccc1CC=CF. The van der Waals surface area contributed by atoms with Crippen molar-refractivity contribution >= 4 is 18.4 Å². The van der Waals surface area contributed by atoms with Crippen LogP contribution in [0, 0.1) is 0 Å². The Morgan fingerprint density at radius 1 is 1.43 bits per heavy atom. The number of rotatable bonds is 3. The molecule has 0 aliphatic rings. The van der Waals surface area contributed by atoms with Crippen LogP contribution in [-0.4, -0.2) is 11.1 Å². The number of benzene rings is 1. The van der Waals surface area contributed by atoms with Crippen molar-refractivity contribution in [2.45, 2.75) is 6.42 Å². The second-order valence-corrected chi connectivity index (χ2v) is 2.53. The Kier molecular flexibility index (Phi) is 5.56. The lowest BCUT2D eigenvalue weighted by Gasteiger charge is -2.01. The van der Waals surface area contributed by atoms with Crippen LogP contribution in [0.2, 0.25) is 0 Å². The van der Waals surface area contributed by atoms with Crippen molar-refractivity contribution in [1.82, 2.24) is 0 Å². The van der Waals surface area contributed by atoms with Crippen molar-refractivity contribution in [3.05, 3.63) is 47.8 Å². The second kappa shape index (κ2) is 6.16. The highest BCUT2D eigenvalue weighted by Crippen LogP contribution is 2.09. The Labute approximate surface area is 87.5 Å². The Hall–Kier alpha value is -1.35. The third kappa shape index (κ3) is 3.18. The predicted octanol–water partition coefficient (Wildman–Crippen LogP) is 2.83. The van der Waals surface area contributed by atoms with Crippen molar-refractivity contribution in [3.8, 4) is 0 Å². The van der Waals surface area contributed by atoms with E-state index in [1.165, 1.54) is 12.1 Å². The molecule has 1 aromatic rings. The molecule has 1 rings (SSSR count). The topological polar surface area (TPSA) is 37.3 Å². The Bertz CT molecular complexity index is 337. The fourth-order valence-corrected chi connectivity index (χ4v) is 1.08. The van der Waals surface area contributed by atoms with Gasteiger partial charge in [-0.25, -0.2) is 9.18 Å². The largest absolute Gasteiger partial charge is 0.478 e. The van der Waals surface area contributed by atoms with Crippen LogP contribution >= 0.6 is 12.4 Å². The van der Waals surface area contributed by atoms with Crippen molar-refractivity contribution in [2.24, 2.45) is 0 Å². The van der Waals surface area contributed by atoms with E-state index >= 15 is 0 Å². The molecule has 0 radical (unpaired) electrons. The van der Waals surface area contributed by atoms with Crippen LogP contribution in [0.3, 0.4) is 0 Å². The summed E-state index contributed by atoms with van der Waals surface area (Å²) in [5, 5.41) is 8.75. The van der Waals surface area contributed by atoms with E-state index in [0.29, 0.717) is 18.3 Å². The summed E-state index contributed by atoms with van der Waals surface area (Å²) in [5.41, 5.74) is 0.838. The predicted molar refractivity (Wildman–Crippen MR) is 54.6 cm³/mol. The molecular weight excluding hydrogens is 207 g/mol. The van der Waals surface area contributed by atoms with Crippen LogP contribution in [0.1, 0.15) is 15.9 Å². The number of hydrogen-bond donors (Lipinski definition) is 1. The van der Waals surface area contributed by atoms with E-state index in [1.807, 2.05) is 0 Å². The maximum atomic E-state index is 11.7. The number of hydrogen-bond acceptors (Lipinski definition) is 1. The molecule has 14 heavy (non-hydrogen) atoms. The molecule has 0 spiro atoms. The number of carboxylic acid groups (broad SMARTS) is 1. The molecule has 0 heterocycles. The van der Waals surface area contributed by atoms with Gasteiger partial charge < -0.3 is 5.11 Å². The van der Waals surface area contributed by atoms with Crippen LogP contribution in [0.5, 0.6) is 0 Å². The molecular formula is C10H10ClFO2. The fraction of sp³-hybridized carbons (Fsp3) is 0.100. The Morgan fingerprint density at radius 2 is 2.07 bits per heavy atom. The zero-order chi connectivity index (χ0) is 9.68. The van der Waals surface area contributed by atoms with Gasteiger partial charge in [-0.05, 0) is 18.1 Å². The normalized spacial score (nSPS) is 9.79. The quantitative estimate of drug-likeness (QED) is 0.844. The van der Waals surface area contributed by atoms with Gasteiger partial charge in [0.05, 0.1) is 11.9 Å². The van der Waals surface area contributed by atoms with E-state index < -0.39 is 5.97 Å². The van der Waals surface area contributed by atoms with Crippen LogP contribution < -0.4 is 0 Å². The third-order valence-corrected chi connectivity index (χ3v) is 1.67. The number of carbonyl (C=O) groups is 1. The first-order valence-electron chi connectivity index (χ1n) is 3.82. The number of allylic oxidation sites excluding steroid dienone is 1. The van der Waals surface area contributed by atoms with Crippen molar-refractivity contribution < 1.29 is 14.3 Å². The van der Waals surface area contributed by atoms with E-state index in [-0.39, 0.29) is 18.0 Å². The number of carboxylic acids is 1. The van der Waals surface area contributed by atoms with Crippen molar-refractivity contribution in [3.63, 3.8) is 0 Å². The molecule has 0 saturated carbocycles. The summed E-state index contributed by atoms with van der Waals surface area (Å²) in [6, 6.07) is 6.55. The van der Waals surface area contributed by atoms with Gasteiger partial charge in [0.15, 0.2) is 0 Å². The first kappa shape index (κ1) is 12.7. The van der Waals surface area contributed by atoms with Gasteiger partial charge in [-0.1, -0.05) is 24.3 Å². The summed E-state index contributed by atoms with van der Waals surface area (Å²) in [4.78, 5) is 10.7. The van der Waals surface area contributed by atoms with E-state index in [0.717, 1.165) is 0 Å². The van der Waals surface area contributed by atoms with Gasteiger partial charge >= 0.3 is 5.97 Å². The fourth-order valence-electron chi connectivity index (χ4n) is 1.08. The second-order valence-electron chi connectivity index (χ2n) is 2.53. The lowest BCUT2D eigenvalue weighted by Crippen LogP contribution is -2.00. The number of aromatic carboxylic acids is 1. The average Bonchev–Trinajstić information content (AvgIpc) is 2.15. The maximum absolute atomic E-state index is 11.7. The standard InChI is InChI=1S/C10H9FO2.ClH/c11-7-3-5-8-4-1-2-6-9(8)10(12)13;/h1-4,6-7H,5H2,(H,12,13);1H. The summed E-state index contributed by atoms with van der Waals surface area (Å²) in [6.07, 6.45) is 2.00. The Morgan fingerprint density at radius 3 is 2.64 bits per heavy atom. The zero-order valence-corrected chi connectivity index (χ0v) is 8.13. The molecule has 0 aliphatic carbocycles. The molecule has 1 aromatic carbocycles. The lowest BCUT2D eigenvalue weighted by atomic mass is 10.1. The highest BCUT2D eigenvalue weighted by atomic mass is 35.5. The molecule has 76 valence electrons. The summed E-state index contributed by atoms with van der Waals surface area (Å²) in [7, 11) is 0. The van der Waals surface area contributed by atoms with Crippen LogP contribution in [0.4, 0.5) is 4.39 Å². The average molecular weight is 217 g/mol. The molecule has 1 N–H and O–H groups in total. The third-order valence-electron chi connectivity index (χ3n) is 1.67. The smallest absolute Gasteiger partial charge is 0.335 e. The first-order chi connectivity index (χ1) is 6.25. The van der Waals surface area contributed by atoms with Crippen LogP contribution in [0.25, 0.3) is 0 Å². The molecule has 0 bridgehead atoms. The minimum Gasteiger partial charge on any atom is -0.478 e. The molecule has 0 aromatic heterocycles. The van der Waals surface area contributed by atoms with Gasteiger partial charge in [0, 0.05) is 0 Å². The number of halogens is 2. The minimum absolute atomic E-state index is 0. The molecule has 0 atom stereocenters. The molecule has 0 amide bonds. The minimum atomic E-state index is -0.983. The molecule has 0 unspecified atom stereocenters. The van der Waals surface area contributed by atoms with Crippen molar-refractivity contribution in [1.29, 1.82) is 0 Å². The highest BCUT2D eigenvalue weighted by molar-refractivity contribution is 5.89. The summed E-state index contributed by atoms with van der Waals surface area (Å²) < 4.78 is 11.7.